The molecule has 1 fully saturated rings. The monoisotopic (exact) mass is 329 g/mol. The van der Waals surface area contributed by atoms with Crippen LogP contribution in [0.5, 0.6) is 0 Å². The normalized spacial score (nSPS) is 17.5. The Bertz CT molecular complexity index is 695. The lowest BCUT2D eigenvalue weighted by molar-refractivity contribution is -0.131. The minimum atomic E-state index is 0.188. The first kappa shape index (κ1) is 16.0. The van der Waals surface area contributed by atoms with Crippen molar-refractivity contribution in [3.8, 4) is 0 Å². The Kier molecular flexibility index (Phi) is 4.66. The molecule has 2 aromatic rings. The van der Waals surface area contributed by atoms with E-state index in [2.05, 4.69) is 34.1 Å². The maximum Gasteiger partial charge on any atom is 0.229 e. The standard InChI is InChI=1S/C18H23N3OS/c1-13-19-15(12-23-13)11-18(22)21-9-5-8-17(21)14-6-4-7-16(10-14)20(2)3/h4,6-7,10,12,17H,5,8-9,11H2,1-3H3/t17-/m1/s1. The molecule has 1 aromatic carbocycles. The highest BCUT2D eigenvalue weighted by atomic mass is 32.1. The van der Waals surface area contributed by atoms with Gasteiger partial charge in [-0.05, 0) is 37.5 Å². The fraction of sp³-hybridized carbons (Fsp3) is 0.444. The van der Waals surface area contributed by atoms with Crippen molar-refractivity contribution in [1.82, 2.24) is 9.88 Å². The Hall–Kier alpha value is -1.88. The molecule has 1 aliphatic heterocycles. The van der Waals surface area contributed by atoms with Crippen molar-refractivity contribution in [3.05, 3.63) is 45.9 Å². The van der Waals surface area contributed by atoms with Crippen LogP contribution in [0.15, 0.2) is 29.6 Å². The van der Waals surface area contributed by atoms with E-state index in [-0.39, 0.29) is 11.9 Å². The molecule has 23 heavy (non-hydrogen) atoms. The highest BCUT2D eigenvalue weighted by Crippen LogP contribution is 2.33. The van der Waals surface area contributed by atoms with Crippen molar-refractivity contribution >= 4 is 22.9 Å². The van der Waals surface area contributed by atoms with E-state index in [0.717, 1.165) is 30.1 Å². The highest BCUT2D eigenvalue weighted by molar-refractivity contribution is 7.09. The summed E-state index contributed by atoms with van der Waals surface area (Å²) < 4.78 is 0. The van der Waals surface area contributed by atoms with E-state index in [1.54, 1.807) is 11.3 Å². The number of likely N-dealkylation sites (tertiary alicyclic amines) is 1. The smallest absolute Gasteiger partial charge is 0.229 e. The Balaban J connectivity index is 1.77. The van der Waals surface area contributed by atoms with E-state index < -0.39 is 0 Å². The van der Waals surface area contributed by atoms with Crippen LogP contribution in [-0.4, -0.2) is 36.4 Å². The Morgan fingerprint density at radius 3 is 2.96 bits per heavy atom. The summed E-state index contributed by atoms with van der Waals surface area (Å²) in [5.74, 6) is 0.188. The number of thiazole rings is 1. The average molecular weight is 329 g/mol. The van der Waals surface area contributed by atoms with Crippen molar-refractivity contribution in [2.75, 3.05) is 25.5 Å². The van der Waals surface area contributed by atoms with E-state index in [1.807, 2.05) is 31.3 Å². The molecule has 0 spiro atoms. The van der Waals surface area contributed by atoms with Gasteiger partial charge in [0.15, 0.2) is 0 Å². The van der Waals surface area contributed by atoms with Crippen molar-refractivity contribution in [3.63, 3.8) is 0 Å². The Morgan fingerprint density at radius 2 is 2.26 bits per heavy atom. The zero-order valence-electron chi connectivity index (χ0n) is 14.0. The van der Waals surface area contributed by atoms with Gasteiger partial charge in [0.05, 0.1) is 23.2 Å². The number of rotatable bonds is 4. The molecule has 1 amide bonds. The fourth-order valence-electron chi connectivity index (χ4n) is 3.17. The summed E-state index contributed by atoms with van der Waals surface area (Å²) >= 11 is 1.60. The summed E-state index contributed by atoms with van der Waals surface area (Å²) in [7, 11) is 4.09. The van der Waals surface area contributed by atoms with E-state index >= 15 is 0 Å². The van der Waals surface area contributed by atoms with Gasteiger partial charge in [0.1, 0.15) is 0 Å². The predicted octanol–water partition coefficient (Wildman–Crippen LogP) is 3.42. The van der Waals surface area contributed by atoms with Crippen LogP contribution >= 0.6 is 11.3 Å². The number of carbonyl (C=O) groups is 1. The lowest BCUT2D eigenvalue weighted by Crippen LogP contribution is -2.32. The third kappa shape index (κ3) is 3.55. The molecule has 1 aliphatic rings. The van der Waals surface area contributed by atoms with Crippen LogP contribution in [0, 0.1) is 6.92 Å². The van der Waals surface area contributed by atoms with Gasteiger partial charge in [-0.1, -0.05) is 12.1 Å². The molecule has 1 saturated heterocycles. The largest absolute Gasteiger partial charge is 0.378 e. The molecule has 0 aliphatic carbocycles. The second-order valence-corrected chi connectivity index (χ2v) is 7.33. The van der Waals surface area contributed by atoms with Gasteiger partial charge in [-0.15, -0.1) is 11.3 Å². The van der Waals surface area contributed by atoms with Gasteiger partial charge in [0.2, 0.25) is 5.91 Å². The van der Waals surface area contributed by atoms with E-state index in [4.69, 9.17) is 0 Å². The SMILES string of the molecule is Cc1nc(CC(=O)N2CCC[C@@H]2c2cccc(N(C)C)c2)cs1. The quantitative estimate of drug-likeness (QED) is 0.862. The number of hydrogen-bond acceptors (Lipinski definition) is 4. The minimum Gasteiger partial charge on any atom is -0.378 e. The number of anilines is 1. The van der Waals surface area contributed by atoms with Gasteiger partial charge in [-0.2, -0.15) is 0 Å². The van der Waals surface area contributed by atoms with Crippen molar-refractivity contribution in [2.24, 2.45) is 0 Å². The topological polar surface area (TPSA) is 36.4 Å². The van der Waals surface area contributed by atoms with Crippen LogP contribution in [0.1, 0.15) is 35.1 Å². The number of carbonyl (C=O) groups excluding carboxylic acids is 1. The average Bonchev–Trinajstić information content (AvgIpc) is 3.16. The summed E-state index contributed by atoms with van der Waals surface area (Å²) in [6.07, 6.45) is 2.52. The number of benzene rings is 1. The third-order valence-corrected chi connectivity index (χ3v) is 5.17. The highest BCUT2D eigenvalue weighted by Gasteiger charge is 2.30. The number of aromatic nitrogens is 1. The van der Waals surface area contributed by atoms with Crippen LogP contribution in [0.3, 0.4) is 0 Å². The first-order valence-corrected chi connectivity index (χ1v) is 8.90. The van der Waals surface area contributed by atoms with E-state index in [0.29, 0.717) is 6.42 Å². The van der Waals surface area contributed by atoms with Crippen LogP contribution in [0.25, 0.3) is 0 Å². The van der Waals surface area contributed by atoms with Crippen molar-refractivity contribution in [1.29, 1.82) is 0 Å². The molecule has 5 heteroatoms. The maximum absolute atomic E-state index is 12.7. The molecule has 3 rings (SSSR count). The van der Waals surface area contributed by atoms with Crippen LogP contribution in [-0.2, 0) is 11.2 Å². The lowest BCUT2D eigenvalue weighted by atomic mass is 10.0. The molecule has 2 heterocycles. The minimum absolute atomic E-state index is 0.188. The molecule has 122 valence electrons. The summed E-state index contributed by atoms with van der Waals surface area (Å²) in [5.41, 5.74) is 3.30. The Labute approximate surface area is 141 Å². The summed E-state index contributed by atoms with van der Waals surface area (Å²) in [4.78, 5) is 21.3. The lowest BCUT2D eigenvalue weighted by Gasteiger charge is -2.26. The number of hydrogen-bond donors (Lipinski definition) is 0. The number of amides is 1. The molecule has 1 aromatic heterocycles. The van der Waals surface area contributed by atoms with Gasteiger partial charge in [0.25, 0.3) is 0 Å². The van der Waals surface area contributed by atoms with Gasteiger partial charge in [-0.25, -0.2) is 4.98 Å². The van der Waals surface area contributed by atoms with Crippen molar-refractivity contribution < 1.29 is 4.79 Å². The second-order valence-electron chi connectivity index (χ2n) is 6.27. The molecular weight excluding hydrogens is 306 g/mol. The molecule has 0 N–H and O–H groups in total. The molecular formula is C18H23N3OS. The number of nitrogens with zero attached hydrogens (tertiary/aromatic N) is 3. The molecule has 1 atom stereocenters. The summed E-state index contributed by atoms with van der Waals surface area (Å²) in [6.45, 7) is 2.82. The first-order valence-electron chi connectivity index (χ1n) is 8.02. The molecule has 0 unspecified atom stereocenters. The van der Waals surface area contributed by atoms with E-state index in [1.165, 1.54) is 11.3 Å². The van der Waals surface area contributed by atoms with Gasteiger partial charge >= 0.3 is 0 Å². The molecule has 0 radical (unpaired) electrons. The van der Waals surface area contributed by atoms with Crippen LogP contribution in [0.2, 0.25) is 0 Å². The van der Waals surface area contributed by atoms with Crippen LogP contribution in [0.4, 0.5) is 5.69 Å². The van der Waals surface area contributed by atoms with Crippen molar-refractivity contribution in [2.45, 2.75) is 32.2 Å². The summed E-state index contributed by atoms with van der Waals surface area (Å²) in [6, 6.07) is 8.71. The van der Waals surface area contributed by atoms with Gasteiger partial charge in [-0.3, -0.25) is 4.79 Å². The molecule has 4 nitrogen and oxygen atoms in total. The summed E-state index contributed by atoms with van der Waals surface area (Å²) in [5, 5.41) is 3.01. The predicted molar refractivity (Wildman–Crippen MR) is 95.0 cm³/mol. The maximum atomic E-state index is 12.7. The van der Waals surface area contributed by atoms with Crippen LogP contribution < -0.4 is 4.90 Å². The van der Waals surface area contributed by atoms with Gasteiger partial charge in [0, 0.05) is 31.7 Å². The molecule has 0 saturated carbocycles. The first-order chi connectivity index (χ1) is 11.0. The van der Waals surface area contributed by atoms with Gasteiger partial charge < -0.3 is 9.80 Å². The molecule has 0 bridgehead atoms. The zero-order valence-corrected chi connectivity index (χ0v) is 14.8. The number of aryl methyl sites for hydroxylation is 1. The Morgan fingerprint density at radius 1 is 1.43 bits per heavy atom. The fourth-order valence-corrected chi connectivity index (χ4v) is 3.78. The second kappa shape index (κ2) is 6.71. The third-order valence-electron chi connectivity index (χ3n) is 4.34. The van der Waals surface area contributed by atoms with E-state index in [9.17, 15) is 4.79 Å². The zero-order chi connectivity index (χ0) is 16.4.